The Bertz CT molecular complexity index is 418. The SMILES string of the molecule is COc1cc(C)nc(CN2CCCC(C)(O)C2)c1. The predicted octanol–water partition coefficient (Wildman–Crippen LogP) is 1.75. The number of rotatable bonds is 3. The van der Waals surface area contributed by atoms with Gasteiger partial charge in [-0.3, -0.25) is 9.88 Å². The van der Waals surface area contributed by atoms with Crippen molar-refractivity contribution in [2.45, 2.75) is 38.8 Å². The van der Waals surface area contributed by atoms with Gasteiger partial charge in [0.15, 0.2) is 0 Å². The Balaban J connectivity index is 2.07. The third-order valence-electron chi connectivity index (χ3n) is 3.36. The maximum atomic E-state index is 10.1. The number of likely N-dealkylation sites (tertiary alicyclic amines) is 1. The molecule has 0 radical (unpaired) electrons. The Morgan fingerprint density at radius 1 is 1.50 bits per heavy atom. The first kappa shape index (κ1) is 13.3. The number of nitrogens with zero attached hydrogens (tertiary/aromatic N) is 2. The topological polar surface area (TPSA) is 45.6 Å². The van der Waals surface area contributed by atoms with E-state index in [1.54, 1.807) is 7.11 Å². The number of ether oxygens (including phenoxy) is 1. The monoisotopic (exact) mass is 250 g/mol. The Morgan fingerprint density at radius 3 is 2.94 bits per heavy atom. The summed E-state index contributed by atoms with van der Waals surface area (Å²) >= 11 is 0. The van der Waals surface area contributed by atoms with Gasteiger partial charge in [-0.25, -0.2) is 0 Å². The highest BCUT2D eigenvalue weighted by molar-refractivity contribution is 5.26. The van der Waals surface area contributed by atoms with Gasteiger partial charge in [0.1, 0.15) is 5.75 Å². The lowest BCUT2D eigenvalue weighted by Gasteiger charge is -2.36. The van der Waals surface area contributed by atoms with Crippen LogP contribution in [0.15, 0.2) is 12.1 Å². The Morgan fingerprint density at radius 2 is 2.28 bits per heavy atom. The number of β-amino-alcohol motifs (C(OH)–C–C–N with tert-alkyl or cyclic N) is 1. The molecule has 1 aromatic rings. The average molecular weight is 250 g/mol. The molecule has 0 aromatic carbocycles. The number of hydrogen-bond donors (Lipinski definition) is 1. The normalized spacial score (nSPS) is 25.1. The maximum Gasteiger partial charge on any atom is 0.122 e. The van der Waals surface area contributed by atoms with Crippen molar-refractivity contribution in [2.24, 2.45) is 0 Å². The molecule has 0 amide bonds. The number of hydrogen-bond acceptors (Lipinski definition) is 4. The van der Waals surface area contributed by atoms with Crippen LogP contribution in [0.1, 0.15) is 31.2 Å². The third kappa shape index (κ3) is 3.43. The third-order valence-corrected chi connectivity index (χ3v) is 3.36. The molecule has 2 heterocycles. The summed E-state index contributed by atoms with van der Waals surface area (Å²) in [6.45, 7) is 6.38. The summed E-state index contributed by atoms with van der Waals surface area (Å²) in [7, 11) is 1.67. The van der Waals surface area contributed by atoms with Crippen LogP contribution in [0, 0.1) is 6.92 Å². The lowest BCUT2D eigenvalue weighted by molar-refractivity contribution is -0.0185. The summed E-state index contributed by atoms with van der Waals surface area (Å²) in [6.07, 6.45) is 1.92. The summed E-state index contributed by atoms with van der Waals surface area (Å²) < 4.78 is 5.26. The largest absolute Gasteiger partial charge is 0.497 e. The summed E-state index contributed by atoms with van der Waals surface area (Å²) in [5.74, 6) is 0.848. The van der Waals surface area contributed by atoms with E-state index >= 15 is 0 Å². The number of pyridine rings is 1. The molecule has 1 aliphatic heterocycles. The van der Waals surface area contributed by atoms with Crippen LogP contribution in [0.5, 0.6) is 5.75 Å². The van der Waals surface area contributed by atoms with E-state index in [9.17, 15) is 5.11 Å². The standard InChI is InChI=1S/C14H22N2O2/c1-11-7-13(18-3)8-12(15-11)9-16-6-4-5-14(2,17)10-16/h7-8,17H,4-6,9-10H2,1-3H3. The predicted molar refractivity (Wildman–Crippen MR) is 70.7 cm³/mol. The minimum atomic E-state index is -0.563. The van der Waals surface area contributed by atoms with E-state index in [1.807, 2.05) is 26.0 Å². The molecule has 0 aliphatic carbocycles. The van der Waals surface area contributed by atoms with E-state index in [0.29, 0.717) is 6.54 Å². The van der Waals surface area contributed by atoms with Crippen LogP contribution >= 0.6 is 0 Å². The first-order valence-corrected chi connectivity index (χ1v) is 6.45. The Labute approximate surface area is 109 Å². The highest BCUT2D eigenvalue weighted by atomic mass is 16.5. The molecule has 4 nitrogen and oxygen atoms in total. The van der Waals surface area contributed by atoms with Crippen LogP contribution in [0.3, 0.4) is 0 Å². The number of aromatic nitrogens is 1. The van der Waals surface area contributed by atoms with Crippen molar-refractivity contribution in [3.8, 4) is 5.75 Å². The summed E-state index contributed by atoms with van der Waals surface area (Å²) in [5, 5.41) is 10.1. The van der Waals surface area contributed by atoms with Gasteiger partial charge in [-0.15, -0.1) is 0 Å². The molecule has 1 aromatic heterocycles. The average Bonchev–Trinajstić information content (AvgIpc) is 2.26. The summed E-state index contributed by atoms with van der Waals surface area (Å²) in [5.41, 5.74) is 1.41. The second-order valence-electron chi connectivity index (χ2n) is 5.45. The van der Waals surface area contributed by atoms with Crippen molar-refractivity contribution < 1.29 is 9.84 Å². The molecular formula is C14H22N2O2. The van der Waals surface area contributed by atoms with Crippen LogP contribution < -0.4 is 4.74 Å². The molecule has 2 rings (SSSR count). The van der Waals surface area contributed by atoms with Gasteiger partial charge >= 0.3 is 0 Å². The highest BCUT2D eigenvalue weighted by Crippen LogP contribution is 2.22. The van der Waals surface area contributed by atoms with Gasteiger partial charge in [0.2, 0.25) is 0 Å². The lowest BCUT2D eigenvalue weighted by Crippen LogP contribution is -2.45. The fourth-order valence-electron chi connectivity index (χ4n) is 2.59. The fraction of sp³-hybridized carbons (Fsp3) is 0.643. The van der Waals surface area contributed by atoms with Crippen LogP contribution in [-0.2, 0) is 6.54 Å². The van der Waals surface area contributed by atoms with Crippen molar-refractivity contribution >= 4 is 0 Å². The molecule has 0 bridgehead atoms. The van der Waals surface area contributed by atoms with E-state index in [4.69, 9.17) is 4.74 Å². The van der Waals surface area contributed by atoms with Crippen LogP contribution in [0.4, 0.5) is 0 Å². The van der Waals surface area contributed by atoms with Crippen molar-refractivity contribution in [3.63, 3.8) is 0 Å². The number of piperidine rings is 1. The number of aliphatic hydroxyl groups is 1. The molecule has 1 saturated heterocycles. The van der Waals surface area contributed by atoms with Gasteiger partial charge < -0.3 is 9.84 Å². The van der Waals surface area contributed by atoms with Gasteiger partial charge in [-0.05, 0) is 33.2 Å². The molecule has 18 heavy (non-hydrogen) atoms. The molecule has 1 fully saturated rings. The molecule has 1 aliphatic rings. The minimum Gasteiger partial charge on any atom is -0.497 e. The minimum absolute atomic E-state index is 0.563. The van der Waals surface area contributed by atoms with E-state index in [-0.39, 0.29) is 0 Å². The van der Waals surface area contributed by atoms with E-state index in [0.717, 1.165) is 43.1 Å². The van der Waals surface area contributed by atoms with E-state index < -0.39 is 5.60 Å². The van der Waals surface area contributed by atoms with E-state index in [2.05, 4.69) is 9.88 Å². The Kier molecular flexibility index (Phi) is 3.88. The molecule has 0 saturated carbocycles. The zero-order valence-electron chi connectivity index (χ0n) is 11.4. The van der Waals surface area contributed by atoms with Crippen LogP contribution in [0.2, 0.25) is 0 Å². The van der Waals surface area contributed by atoms with Gasteiger partial charge in [-0.2, -0.15) is 0 Å². The van der Waals surface area contributed by atoms with Gasteiger partial charge in [-0.1, -0.05) is 0 Å². The molecule has 4 heteroatoms. The summed E-state index contributed by atoms with van der Waals surface area (Å²) in [6, 6.07) is 3.90. The van der Waals surface area contributed by atoms with Gasteiger partial charge in [0.25, 0.3) is 0 Å². The molecule has 1 unspecified atom stereocenters. The van der Waals surface area contributed by atoms with Gasteiger partial charge in [0, 0.05) is 30.9 Å². The Hall–Kier alpha value is -1.13. The maximum absolute atomic E-state index is 10.1. The van der Waals surface area contributed by atoms with Crippen molar-refractivity contribution in [1.82, 2.24) is 9.88 Å². The first-order valence-electron chi connectivity index (χ1n) is 6.45. The first-order chi connectivity index (χ1) is 8.48. The van der Waals surface area contributed by atoms with Crippen molar-refractivity contribution in [3.05, 3.63) is 23.5 Å². The lowest BCUT2D eigenvalue weighted by atomic mass is 9.95. The number of methoxy groups -OCH3 is 1. The zero-order chi connectivity index (χ0) is 13.2. The molecular weight excluding hydrogens is 228 g/mol. The zero-order valence-corrected chi connectivity index (χ0v) is 11.4. The van der Waals surface area contributed by atoms with Gasteiger partial charge in [0.05, 0.1) is 18.4 Å². The van der Waals surface area contributed by atoms with Crippen molar-refractivity contribution in [2.75, 3.05) is 20.2 Å². The second-order valence-corrected chi connectivity index (χ2v) is 5.45. The molecule has 100 valence electrons. The van der Waals surface area contributed by atoms with Crippen LogP contribution in [-0.4, -0.2) is 40.8 Å². The second kappa shape index (κ2) is 5.24. The van der Waals surface area contributed by atoms with Crippen molar-refractivity contribution in [1.29, 1.82) is 0 Å². The fourth-order valence-corrected chi connectivity index (χ4v) is 2.59. The smallest absolute Gasteiger partial charge is 0.122 e. The van der Waals surface area contributed by atoms with Crippen LogP contribution in [0.25, 0.3) is 0 Å². The quantitative estimate of drug-likeness (QED) is 0.887. The number of aryl methyl sites for hydroxylation is 1. The molecule has 0 spiro atoms. The molecule has 1 atom stereocenters. The summed E-state index contributed by atoms with van der Waals surface area (Å²) in [4.78, 5) is 6.78. The highest BCUT2D eigenvalue weighted by Gasteiger charge is 2.28. The van der Waals surface area contributed by atoms with E-state index in [1.165, 1.54) is 0 Å². The molecule has 1 N–H and O–H groups in total.